The van der Waals surface area contributed by atoms with Crippen LogP contribution in [-0.2, 0) is 6.54 Å². The highest BCUT2D eigenvalue weighted by Gasteiger charge is 2.07. The van der Waals surface area contributed by atoms with Gasteiger partial charge in [0.15, 0.2) is 0 Å². The first kappa shape index (κ1) is 12.4. The van der Waals surface area contributed by atoms with E-state index >= 15 is 0 Å². The molecule has 102 valence electrons. The second-order valence-electron chi connectivity index (χ2n) is 4.62. The molecule has 0 saturated carbocycles. The van der Waals surface area contributed by atoms with Crippen LogP contribution in [0.3, 0.4) is 0 Å². The molecule has 0 amide bonds. The van der Waals surface area contributed by atoms with Crippen molar-refractivity contribution in [2.45, 2.75) is 20.4 Å². The topological polar surface area (TPSA) is 79.6 Å². The van der Waals surface area contributed by atoms with Crippen LogP contribution >= 0.6 is 0 Å². The average Bonchev–Trinajstić information content (AvgIpc) is 3.09. The number of nitrogens with zero attached hydrogens (tertiary/aromatic N) is 3. The summed E-state index contributed by atoms with van der Waals surface area (Å²) in [6, 6.07) is 6.00. The number of aromatic nitrogens is 4. The molecule has 3 aromatic rings. The fourth-order valence-electron chi connectivity index (χ4n) is 2.00. The molecule has 0 unspecified atom stereocenters. The van der Waals surface area contributed by atoms with E-state index in [1.807, 2.05) is 31.3 Å². The van der Waals surface area contributed by atoms with Gasteiger partial charge in [-0.25, -0.2) is 4.98 Å². The van der Waals surface area contributed by atoms with Crippen molar-refractivity contribution in [1.29, 1.82) is 0 Å². The number of aryl methyl sites for hydroxylation is 2. The van der Waals surface area contributed by atoms with Crippen LogP contribution in [0.1, 0.15) is 17.1 Å². The Bertz CT molecular complexity index is 702. The molecule has 0 bridgehead atoms. The molecule has 2 aromatic heterocycles. The van der Waals surface area contributed by atoms with E-state index in [0.717, 1.165) is 28.3 Å². The lowest BCUT2D eigenvalue weighted by molar-refractivity contribution is 0.568. The largest absolute Gasteiger partial charge is 0.423 e. The average molecular weight is 269 g/mol. The van der Waals surface area contributed by atoms with Crippen LogP contribution < -0.4 is 5.32 Å². The van der Waals surface area contributed by atoms with Gasteiger partial charge in [-0.15, -0.1) is 10.2 Å². The quantitative estimate of drug-likeness (QED) is 0.761. The standard InChI is InChI=1S/C14H15N5O/c1-9-3-4-11(14-19-17-8-20-14)5-13(9)16-7-12-6-15-10(2)18-12/h3-6,8,16H,7H2,1-2H3,(H,15,18). The van der Waals surface area contributed by atoms with Gasteiger partial charge < -0.3 is 14.7 Å². The fraction of sp³-hybridized carbons (Fsp3) is 0.214. The van der Waals surface area contributed by atoms with E-state index in [0.29, 0.717) is 12.4 Å². The maximum absolute atomic E-state index is 5.21. The molecule has 0 fully saturated rings. The Morgan fingerprint density at radius 1 is 1.30 bits per heavy atom. The van der Waals surface area contributed by atoms with Gasteiger partial charge in [-0.3, -0.25) is 0 Å². The summed E-state index contributed by atoms with van der Waals surface area (Å²) in [4.78, 5) is 7.37. The van der Waals surface area contributed by atoms with Crippen molar-refractivity contribution in [3.63, 3.8) is 0 Å². The molecule has 0 radical (unpaired) electrons. The summed E-state index contributed by atoms with van der Waals surface area (Å²) in [7, 11) is 0. The molecular formula is C14H15N5O. The van der Waals surface area contributed by atoms with Crippen LogP contribution in [0, 0.1) is 13.8 Å². The molecule has 0 saturated heterocycles. The van der Waals surface area contributed by atoms with Gasteiger partial charge in [0.1, 0.15) is 5.82 Å². The highest BCUT2D eigenvalue weighted by atomic mass is 16.4. The monoisotopic (exact) mass is 269 g/mol. The van der Waals surface area contributed by atoms with Gasteiger partial charge >= 0.3 is 0 Å². The maximum atomic E-state index is 5.21. The summed E-state index contributed by atoms with van der Waals surface area (Å²) in [6.45, 7) is 4.68. The molecule has 6 heteroatoms. The fourth-order valence-corrected chi connectivity index (χ4v) is 2.00. The lowest BCUT2D eigenvalue weighted by Crippen LogP contribution is -2.01. The van der Waals surface area contributed by atoms with Crippen molar-refractivity contribution in [2.24, 2.45) is 0 Å². The number of hydrogen-bond acceptors (Lipinski definition) is 5. The van der Waals surface area contributed by atoms with Crippen molar-refractivity contribution >= 4 is 5.69 Å². The number of H-pyrrole nitrogens is 1. The summed E-state index contributed by atoms with van der Waals surface area (Å²) in [5, 5.41) is 11.0. The Morgan fingerprint density at radius 3 is 2.90 bits per heavy atom. The molecule has 3 rings (SSSR count). The minimum Gasteiger partial charge on any atom is -0.423 e. The minimum atomic E-state index is 0.519. The van der Waals surface area contributed by atoms with E-state index in [2.05, 4.69) is 32.4 Å². The molecule has 1 aromatic carbocycles. The molecule has 2 N–H and O–H groups in total. The van der Waals surface area contributed by atoms with Gasteiger partial charge in [-0.05, 0) is 31.5 Å². The van der Waals surface area contributed by atoms with Crippen LogP contribution in [0.25, 0.3) is 11.5 Å². The lowest BCUT2D eigenvalue weighted by Gasteiger charge is -2.09. The predicted octanol–water partition coefficient (Wildman–Crippen LogP) is 2.69. The number of aromatic amines is 1. The zero-order valence-electron chi connectivity index (χ0n) is 11.3. The third kappa shape index (κ3) is 2.54. The number of benzene rings is 1. The second kappa shape index (κ2) is 5.16. The van der Waals surface area contributed by atoms with Gasteiger partial charge in [-0.2, -0.15) is 0 Å². The first-order valence-corrected chi connectivity index (χ1v) is 6.34. The molecule has 6 nitrogen and oxygen atoms in total. The van der Waals surface area contributed by atoms with Crippen molar-refractivity contribution in [3.05, 3.63) is 47.9 Å². The van der Waals surface area contributed by atoms with E-state index < -0.39 is 0 Å². The Kier molecular flexibility index (Phi) is 3.20. The van der Waals surface area contributed by atoms with Crippen LogP contribution in [0.2, 0.25) is 0 Å². The predicted molar refractivity (Wildman–Crippen MR) is 75.1 cm³/mol. The highest BCUT2D eigenvalue weighted by Crippen LogP contribution is 2.24. The molecule has 2 heterocycles. The Hall–Kier alpha value is -2.63. The Morgan fingerprint density at radius 2 is 2.20 bits per heavy atom. The maximum Gasteiger partial charge on any atom is 0.247 e. The third-order valence-electron chi connectivity index (χ3n) is 3.07. The van der Waals surface area contributed by atoms with E-state index in [9.17, 15) is 0 Å². The van der Waals surface area contributed by atoms with Crippen molar-refractivity contribution in [2.75, 3.05) is 5.32 Å². The normalized spacial score (nSPS) is 10.7. The second-order valence-corrected chi connectivity index (χ2v) is 4.62. The van der Waals surface area contributed by atoms with Crippen molar-refractivity contribution in [3.8, 4) is 11.5 Å². The summed E-state index contributed by atoms with van der Waals surface area (Å²) >= 11 is 0. The first-order chi connectivity index (χ1) is 9.72. The number of hydrogen-bond donors (Lipinski definition) is 2. The van der Waals surface area contributed by atoms with E-state index in [1.54, 1.807) is 0 Å². The number of imidazole rings is 1. The molecule has 0 spiro atoms. The summed E-state index contributed by atoms with van der Waals surface area (Å²) < 4.78 is 5.21. The van der Waals surface area contributed by atoms with E-state index in [1.165, 1.54) is 6.39 Å². The zero-order valence-corrected chi connectivity index (χ0v) is 11.3. The lowest BCUT2D eigenvalue weighted by atomic mass is 10.1. The van der Waals surface area contributed by atoms with Crippen molar-refractivity contribution < 1.29 is 4.42 Å². The van der Waals surface area contributed by atoms with Gasteiger partial charge in [0.05, 0.1) is 18.4 Å². The van der Waals surface area contributed by atoms with Crippen LogP contribution in [0.15, 0.2) is 35.2 Å². The number of anilines is 1. The highest BCUT2D eigenvalue weighted by molar-refractivity contribution is 5.64. The number of nitrogens with one attached hydrogen (secondary N) is 2. The first-order valence-electron chi connectivity index (χ1n) is 6.34. The summed E-state index contributed by atoms with van der Waals surface area (Å²) in [6.07, 6.45) is 3.16. The van der Waals surface area contributed by atoms with Gasteiger partial charge in [0, 0.05) is 11.3 Å². The van der Waals surface area contributed by atoms with Gasteiger partial charge in [0.25, 0.3) is 0 Å². The van der Waals surface area contributed by atoms with Gasteiger partial charge in [-0.1, -0.05) is 6.07 Å². The molecule has 0 aliphatic carbocycles. The zero-order chi connectivity index (χ0) is 13.9. The smallest absolute Gasteiger partial charge is 0.247 e. The van der Waals surface area contributed by atoms with Crippen molar-refractivity contribution in [1.82, 2.24) is 20.2 Å². The molecule has 20 heavy (non-hydrogen) atoms. The molecule has 0 atom stereocenters. The minimum absolute atomic E-state index is 0.519. The van der Waals surface area contributed by atoms with Crippen LogP contribution in [-0.4, -0.2) is 20.2 Å². The summed E-state index contributed by atoms with van der Waals surface area (Å²) in [5.74, 6) is 1.43. The molecule has 0 aliphatic rings. The van der Waals surface area contributed by atoms with E-state index in [-0.39, 0.29) is 0 Å². The molecular weight excluding hydrogens is 254 g/mol. The van der Waals surface area contributed by atoms with Gasteiger partial charge in [0.2, 0.25) is 12.3 Å². The Balaban J connectivity index is 1.80. The Labute approximate surface area is 116 Å². The van der Waals surface area contributed by atoms with Crippen LogP contribution in [0.5, 0.6) is 0 Å². The number of rotatable bonds is 4. The van der Waals surface area contributed by atoms with Crippen LogP contribution in [0.4, 0.5) is 5.69 Å². The molecule has 0 aliphatic heterocycles. The summed E-state index contributed by atoms with van der Waals surface area (Å²) in [5.41, 5.74) is 4.14. The van der Waals surface area contributed by atoms with E-state index in [4.69, 9.17) is 4.42 Å². The SMILES string of the molecule is Cc1ncc(CNc2cc(-c3nnco3)ccc2C)[nH]1. The third-order valence-corrected chi connectivity index (χ3v) is 3.07.